The van der Waals surface area contributed by atoms with E-state index in [1.165, 1.54) is 8.61 Å². The number of piperidine rings is 1. The molecule has 138 valence electrons. The summed E-state index contributed by atoms with van der Waals surface area (Å²) in [6.07, 6.45) is 1.05. The number of cyclic esters (lactones) is 1. The topological polar surface area (TPSA) is 83.0 Å². The van der Waals surface area contributed by atoms with Gasteiger partial charge in [-0.15, -0.1) is 0 Å². The van der Waals surface area contributed by atoms with Gasteiger partial charge in [0.15, 0.2) is 0 Å². The second kappa shape index (κ2) is 6.89. The van der Waals surface area contributed by atoms with Gasteiger partial charge in [-0.05, 0) is 31.9 Å². The van der Waals surface area contributed by atoms with Gasteiger partial charge in [-0.25, -0.2) is 9.78 Å². The molecule has 0 aliphatic carbocycles. The van der Waals surface area contributed by atoms with Crippen LogP contribution in [0.4, 0.5) is 10.6 Å². The number of rotatable bonds is 4. The van der Waals surface area contributed by atoms with Crippen LogP contribution in [0.25, 0.3) is 0 Å². The predicted octanol–water partition coefficient (Wildman–Crippen LogP) is 1.41. The molecular formula is C16H24N4O4S. The molecule has 0 N–H and O–H groups in total. The highest BCUT2D eigenvalue weighted by Gasteiger charge is 2.33. The Balaban J connectivity index is 1.72. The lowest BCUT2D eigenvalue weighted by molar-refractivity contribution is 0.179. The van der Waals surface area contributed by atoms with Gasteiger partial charge in [0, 0.05) is 38.8 Å². The Labute approximate surface area is 148 Å². The molecule has 0 aromatic carbocycles. The summed E-state index contributed by atoms with van der Waals surface area (Å²) in [5.74, 6) is 0.776. The number of amides is 1. The van der Waals surface area contributed by atoms with Crippen LogP contribution in [0.2, 0.25) is 0 Å². The largest absolute Gasteiger partial charge is 0.447 e. The first-order valence-electron chi connectivity index (χ1n) is 8.41. The van der Waals surface area contributed by atoms with E-state index in [1.54, 1.807) is 25.1 Å². The molecule has 0 saturated carbocycles. The summed E-state index contributed by atoms with van der Waals surface area (Å²) in [6, 6.07) is 5.59. The average Bonchev–Trinajstić information content (AvgIpc) is 2.93. The Bertz CT molecular complexity index is 744. The number of ether oxygens (including phenoxy) is 1. The minimum Gasteiger partial charge on any atom is -0.447 e. The number of nitrogens with zero attached hydrogens (tertiary/aromatic N) is 4. The quantitative estimate of drug-likeness (QED) is 0.802. The Morgan fingerprint density at radius 2 is 1.92 bits per heavy atom. The molecule has 1 aromatic heterocycles. The molecule has 2 aliphatic heterocycles. The van der Waals surface area contributed by atoms with E-state index >= 15 is 0 Å². The minimum absolute atomic E-state index is 0.0395. The van der Waals surface area contributed by atoms with E-state index in [4.69, 9.17) is 4.74 Å². The molecule has 2 fully saturated rings. The summed E-state index contributed by atoms with van der Waals surface area (Å²) in [6.45, 7) is 3.23. The van der Waals surface area contributed by atoms with E-state index in [1.807, 2.05) is 19.1 Å². The van der Waals surface area contributed by atoms with Crippen LogP contribution >= 0.6 is 0 Å². The maximum absolute atomic E-state index is 12.2. The zero-order valence-electron chi connectivity index (χ0n) is 14.8. The lowest BCUT2D eigenvalue weighted by Gasteiger charge is -2.32. The zero-order chi connectivity index (χ0) is 18.2. The number of carbonyl (C=O) groups excluding carboxylic acids is 1. The Morgan fingerprint density at radius 3 is 2.48 bits per heavy atom. The molecule has 1 atom stereocenters. The zero-order valence-corrected chi connectivity index (χ0v) is 15.6. The van der Waals surface area contributed by atoms with E-state index in [9.17, 15) is 13.2 Å². The summed E-state index contributed by atoms with van der Waals surface area (Å²) in [5, 5.41) is 0. The van der Waals surface area contributed by atoms with Gasteiger partial charge in [-0.2, -0.15) is 17.0 Å². The first-order valence-corrected chi connectivity index (χ1v) is 9.81. The number of anilines is 1. The predicted molar refractivity (Wildman–Crippen MR) is 93.7 cm³/mol. The van der Waals surface area contributed by atoms with E-state index in [2.05, 4.69) is 4.98 Å². The highest BCUT2D eigenvalue weighted by atomic mass is 32.2. The van der Waals surface area contributed by atoms with Crippen molar-refractivity contribution in [3.8, 4) is 0 Å². The standard InChI is InChI=1S/C16H24N4O4S/c1-12-11-24-16(21)20(12)15-6-4-5-14(17-15)13-7-9-19(10-8-13)25(22,23)18(2)3/h4-6,12-13H,7-11H2,1-3H3/t12-/m0/s1. The van der Waals surface area contributed by atoms with Crippen LogP contribution in [-0.2, 0) is 14.9 Å². The third kappa shape index (κ3) is 3.49. The van der Waals surface area contributed by atoms with Gasteiger partial charge in [0.25, 0.3) is 10.2 Å². The molecule has 9 heteroatoms. The molecule has 0 spiro atoms. The second-order valence-electron chi connectivity index (χ2n) is 6.68. The highest BCUT2D eigenvalue weighted by Crippen LogP contribution is 2.30. The average molecular weight is 368 g/mol. The molecule has 0 unspecified atom stereocenters. The molecule has 0 radical (unpaired) electrons. The summed E-state index contributed by atoms with van der Waals surface area (Å²) in [5.41, 5.74) is 0.895. The van der Waals surface area contributed by atoms with Crippen LogP contribution < -0.4 is 4.90 Å². The molecular weight excluding hydrogens is 344 g/mol. The van der Waals surface area contributed by atoms with E-state index < -0.39 is 10.2 Å². The van der Waals surface area contributed by atoms with Gasteiger partial charge < -0.3 is 4.74 Å². The van der Waals surface area contributed by atoms with Crippen molar-refractivity contribution in [1.29, 1.82) is 0 Å². The number of carbonyl (C=O) groups is 1. The van der Waals surface area contributed by atoms with Crippen LogP contribution in [-0.4, -0.2) is 67.9 Å². The summed E-state index contributed by atoms with van der Waals surface area (Å²) >= 11 is 0. The second-order valence-corrected chi connectivity index (χ2v) is 8.82. The van der Waals surface area contributed by atoms with Crippen molar-refractivity contribution in [3.63, 3.8) is 0 Å². The minimum atomic E-state index is -3.36. The van der Waals surface area contributed by atoms with Crippen LogP contribution in [0.3, 0.4) is 0 Å². The summed E-state index contributed by atoms with van der Waals surface area (Å²) < 4.78 is 32.2. The Morgan fingerprint density at radius 1 is 1.24 bits per heavy atom. The molecule has 1 aromatic rings. The van der Waals surface area contributed by atoms with Gasteiger partial charge in [0.2, 0.25) is 0 Å². The van der Waals surface area contributed by atoms with Gasteiger partial charge >= 0.3 is 6.09 Å². The first kappa shape index (κ1) is 18.1. The molecule has 1 amide bonds. The number of hydrogen-bond acceptors (Lipinski definition) is 5. The number of hydrogen-bond donors (Lipinski definition) is 0. The van der Waals surface area contributed by atoms with Crippen molar-refractivity contribution in [3.05, 3.63) is 23.9 Å². The molecule has 25 heavy (non-hydrogen) atoms. The van der Waals surface area contributed by atoms with Crippen LogP contribution in [0.5, 0.6) is 0 Å². The van der Waals surface area contributed by atoms with Crippen molar-refractivity contribution in [1.82, 2.24) is 13.6 Å². The van der Waals surface area contributed by atoms with Crippen molar-refractivity contribution < 1.29 is 17.9 Å². The number of aromatic nitrogens is 1. The SMILES string of the molecule is C[C@H]1COC(=O)N1c1cccc(C2CCN(S(=O)(=O)N(C)C)CC2)n1. The first-order chi connectivity index (χ1) is 11.8. The fourth-order valence-corrected chi connectivity index (χ4v) is 4.38. The monoisotopic (exact) mass is 368 g/mol. The van der Waals surface area contributed by atoms with Crippen molar-refractivity contribution >= 4 is 22.1 Å². The molecule has 2 aliphatic rings. The van der Waals surface area contributed by atoms with Crippen LogP contribution in [0.15, 0.2) is 18.2 Å². The highest BCUT2D eigenvalue weighted by molar-refractivity contribution is 7.86. The van der Waals surface area contributed by atoms with E-state index in [-0.39, 0.29) is 18.1 Å². The lowest BCUT2D eigenvalue weighted by atomic mass is 9.94. The van der Waals surface area contributed by atoms with Gasteiger partial charge in [-0.3, -0.25) is 4.90 Å². The van der Waals surface area contributed by atoms with Crippen LogP contribution in [0.1, 0.15) is 31.4 Å². The fraction of sp³-hybridized carbons (Fsp3) is 0.625. The van der Waals surface area contributed by atoms with Crippen molar-refractivity contribution in [2.45, 2.75) is 31.7 Å². The van der Waals surface area contributed by atoms with Gasteiger partial charge in [0.1, 0.15) is 12.4 Å². The Hall–Kier alpha value is -1.71. The van der Waals surface area contributed by atoms with E-state index in [0.717, 1.165) is 5.69 Å². The number of pyridine rings is 1. The Kier molecular flexibility index (Phi) is 4.99. The smallest absolute Gasteiger partial charge is 0.415 e. The van der Waals surface area contributed by atoms with Crippen molar-refractivity contribution in [2.24, 2.45) is 0 Å². The molecule has 2 saturated heterocycles. The van der Waals surface area contributed by atoms with Crippen molar-refractivity contribution in [2.75, 3.05) is 38.7 Å². The molecule has 3 rings (SSSR count). The third-order valence-corrected chi connectivity index (χ3v) is 6.69. The van der Waals surface area contributed by atoms with Crippen LogP contribution in [0, 0.1) is 0 Å². The maximum Gasteiger partial charge on any atom is 0.415 e. The normalized spacial score (nSPS) is 23.3. The summed E-state index contributed by atoms with van der Waals surface area (Å²) in [7, 11) is -0.276. The maximum atomic E-state index is 12.2. The molecule has 0 bridgehead atoms. The molecule has 8 nitrogen and oxygen atoms in total. The van der Waals surface area contributed by atoms with Gasteiger partial charge in [0.05, 0.1) is 6.04 Å². The third-order valence-electron chi connectivity index (χ3n) is 4.75. The summed E-state index contributed by atoms with van der Waals surface area (Å²) in [4.78, 5) is 18.1. The van der Waals surface area contributed by atoms with Gasteiger partial charge in [-0.1, -0.05) is 6.07 Å². The van der Waals surface area contributed by atoms with E-state index in [0.29, 0.717) is 38.4 Å². The fourth-order valence-electron chi connectivity index (χ4n) is 3.25. The lowest BCUT2D eigenvalue weighted by Crippen LogP contribution is -2.44. The molecule has 3 heterocycles.